The topological polar surface area (TPSA) is 59.2 Å². The summed E-state index contributed by atoms with van der Waals surface area (Å²) in [5, 5.41) is 1.01. The summed E-state index contributed by atoms with van der Waals surface area (Å²) in [6.07, 6.45) is 14.0. The Morgan fingerprint density at radius 3 is 2.82 bits per heavy atom. The molecule has 0 bridgehead atoms. The van der Waals surface area contributed by atoms with Crippen LogP contribution >= 0.6 is 0 Å². The Hall–Kier alpha value is -3.06. The predicted octanol–water partition coefficient (Wildman–Crippen LogP) is 4.87. The first-order valence-electron chi connectivity index (χ1n) is 9.72. The van der Waals surface area contributed by atoms with Crippen LogP contribution in [0.25, 0.3) is 10.9 Å². The summed E-state index contributed by atoms with van der Waals surface area (Å²) < 4.78 is 5.24. The normalized spacial score (nSPS) is 12.8. The van der Waals surface area contributed by atoms with Crippen LogP contribution in [0.3, 0.4) is 0 Å². The molecule has 4 nitrogen and oxygen atoms in total. The van der Waals surface area contributed by atoms with Crippen LogP contribution in [0.1, 0.15) is 51.0 Å². The number of pyridine rings is 1. The number of allylic oxidation sites excluding steroid dienone is 2. The van der Waals surface area contributed by atoms with E-state index in [0.29, 0.717) is 18.1 Å². The van der Waals surface area contributed by atoms with Crippen molar-refractivity contribution in [2.24, 2.45) is 0 Å². The fourth-order valence-electron chi connectivity index (χ4n) is 2.98. The van der Waals surface area contributed by atoms with Gasteiger partial charge in [-0.25, -0.2) is 4.79 Å². The van der Waals surface area contributed by atoms with Crippen LogP contribution in [0.2, 0.25) is 0 Å². The fraction of sp³-hybridized carbons (Fsp3) is 0.333. The van der Waals surface area contributed by atoms with Crippen molar-refractivity contribution in [1.29, 1.82) is 0 Å². The van der Waals surface area contributed by atoms with Crippen molar-refractivity contribution in [1.82, 2.24) is 4.98 Å². The Balaban J connectivity index is 2.10. The van der Waals surface area contributed by atoms with Crippen LogP contribution in [-0.2, 0) is 9.53 Å². The van der Waals surface area contributed by atoms with Gasteiger partial charge in [0.1, 0.15) is 0 Å². The molecule has 0 saturated heterocycles. The van der Waals surface area contributed by atoms with E-state index in [9.17, 15) is 9.59 Å². The van der Waals surface area contributed by atoms with Crippen LogP contribution in [-0.4, -0.2) is 17.6 Å². The molecule has 0 fully saturated rings. The molecule has 1 aromatic heterocycles. The number of nitrogens with one attached hydrogen (secondary N) is 1. The standard InChI is InChI=1S/C24H27NO3/c1-4-7-16-28-24(27)19(9-5-2)11-8-10-18(6-3)20-12-14-22-21(17-20)13-15-23(26)25-22/h2,8-9,11-15,17-18H,4,6-7,10,16H2,1,3H3,(H,25,26)/b11-8-,19-9+. The molecular weight excluding hydrogens is 350 g/mol. The van der Waals surface area contributed by atoms with Crippen molar-refractivity contribution in [2.45, 2.75) is 45.4 Å². The van der Waals surface area contributed by atoms with E-state index in [2.05, 4.69) is 23.9 Å². The van der Waals surface area contributed by atoms with E-state index >= 15 is 0 Å². The van der Waals surface area contributed by atoms with E-state index in [1.807, 2.05) is 31.2 Å². The van der Waals surface area contributed by atoms with E-state index in [0.717, 1.165) is 36.6 Å². The number of benzene rings is 1. The maximum atomic E-state index is 12.1. The summed E-state index contributed by atoms with van der Waals surface area (Å²) in [7, 11) is 0. The second kappa shape index (κ2) is 10.9. The molecule has 146 valence electrons. The highest BCUT2D eigenvalue weighted by molar-refractivity contribution is 5.92. The van der Waals surface area contributed by atoms with Gasteiger partial charge in [0.05, 0.1) is 12.2 Å². The first-order chi connectivity index (χ1) is 13.6. The van der Waals surface area contributed by atoms with Crippen LogP contribution in [0.4, 0.5) is 0 Å². The smallest absolute Gasteiger partial charge is 0.338 e. The molecule has 0 aliphatic rings. The lowest BCUT2D eigenvalue weighted by Crippen LogP contribution is -2.07. The molecule has 1 unspecified atom stereocenters. The Morgan fingerprint density at radius 2 is 2.11 bits per heavy atom. The number of aromatic nitrogens is 1. The molecule has 1 aromatic carbocycles. The molecular formula is C24H27NO3. The first-order valence-corrected chi connectivity index (χ1v) is 9.72. The van der Waals surface area contributed by atoms with Gasteiger partial charge in [-0.05, 0) is 54.3 Å². The van der Waals surface area contributed by atoms with Crippen molar-refractivity contribution in [2.75, 3.05) is 6.61 Å². The lowest BCUT2D eigenvalue weighted by Gasteiger charge is -2.14. The Kier molecular flexibility index (Phi) is 8.30. The molecule has 1 atom stereocenters. The summed E-state index contributed by atoms with van der Waals surface area (Å²) in [6.45, 7) is 4.58. The van der Waals surface area contributed by atoms with E-state index in [1.165, 1.54) is 17.7 Å². The zero-order chi connectivity index (χ0) is 20.4. The highest BCUT2D eigenvalue weighted by atomic mass is 16.5. The molecule has 28 heavy (non-hydrogen) atoms. The number of unbranched alkanes of at least 4 members (excludes halogenated alkanes) is 1. The van der Waals surface area contributed by atoms with Gasteiger partial charge in [0.2, 0.25) is 5.56 Å². The van der Waals surface area contributed by atoms with Gasteiger partial charge in [0, 0.05) is 17.7 Å². The summed E-state index contributed by atoms with van der Waals surface area (Å²) >= 11 is 0. The summed E-state index contributed by atoms with van der Waals surface area (Å²) in [5.41, 5.74) is 2.31. The van der Waals surface area contributed by atoms with E-state index < -0.39 is 0 Å². The van der Waals surface area contributed by atoms with Crippen LogP contribution < -0.4 is 5.56 Å². The van der Waals surface area contributed by atoms with Gasteiger partial charge >= 0.3 is 5.97 Å². The number of fused-ring (bicyclic) bond motifs is 1. The van der Waals surface area contributed by atoms with E-state index in [-0.39, 0.29) is 11.5 Å². The van der Waals surface area contributed by atoms with Crippen molar-refractivity contribution in [3.05, 3.63) is 70.1 Å². The number of rotatable bonds is 9. The third-order valence-corrected chi connectivity index (χ3v) is 4.64. The second-order valence-electron chi connectivity index (χ2n) is 6.67. The van der Waals surface area contributed by atoms with Crippen molar-refractivity contribution < 1.29 is 9.53 Å². The zero-order valence-electron chi connectivity index (χ0n) is 16.5. The number of carbonyl (C=O) groups excluding carboxylic acids is 1. The van der Waals surface area contributed by atoms with Gasteiger partial charge in [-0.1, -0.05) is 44.4 Å². The zero-order valence-corrected chi connectivity index (χ0v) is 16.5. The SMILES string of the molecule is C#C/C=C(\C=C/CC(CC)c1ccc2[nH]c(=O)ccc2c1)C(=O)OCCCC. The third kappa shape index (κ3) is 5.99. The second-order valence-corrected chi connectivity index (χ2v) is 6.67. The molecule has 0 aliphatic heterocycles. The quantitative estimate of drug-likeness (QED) is 0.223. The number of hydrogen-bond acceptors (Lipinski definition) is 3. The number of esters is 1. The number of terminal acetylenes is 1. The van der Waals surface area contributed by atoms with Crippen molar-refractivity contribution >= 4 is 16.9 Å². The highest BCUT2D eigenvalue weighted by Gasteiger charge is 2.11. The van der Waals surface area contributed by atoms with Gasteiger partial charge in [0.25, 0.3) is 0 Å². The average Bonchev–Trinajstić information content (AvgIpc) is 2.70. The number of hydrogen-bond donors (Lipinski definition) is 1. The molecule has 4 heteroatoms. The lowest BCUT2D eigenvalue weighted by atomic mass is 9.92. The molecule has 0 aliphatic carbocycles. The van der Waals surface area contributed by atoms with Crippen molar-refractivity contribution in [3.63, 3.8) is 0 Å². The minimum atomic E-state index is -0.384. The van der Waals surface area contributed by atoms with Gasteiger partial charge in [-0.15, -0.1) is 6.42 Å². The van der Waals surface area contributed by atoms with Gasteiger partial charge < -0.3 is 9.72 Å². The fourth-order valence-corrected chi connectivity index (χ4v) is 2.98. The predicted molar refractivity (Wildman–Crippen MR) is 114 cm³/mol. The van der Waals surface area contributed by atoms with Crippen LogP contribution in [0, 0.1) is 12.3 Å². The summed E-state index contributed by atoms with van der Waals surface area (Å²) in [5.74, 6) is 2.32. The molecule has 2 rings (SSSR count). The maximum Gasteiger partial charge on any atom is 0.338 e. The molecule has 0 amide bonds. The van der Waals surface area contributed by atoms with Gasteiger partial charge in [-0.2, -0.15) is 0 Å². The van der Waals surface area contributed by atoms with Gasteiger partial charge in [0.15, 0.2) is 0 Å². The average molecular weight is 377 g/mol. The molecule has 1 heterocycles. The minimum Gasteiger partial charge on any atom is -0.462 e. The number of carbonyl (C=O) groups is 1. The molecule has 0 radical (unpaired) electrons. The third-order valence-electron chi connectivity index (χ3n) is 4.64. The van der Waals surface area contributed by atoms with Crippen LogP contribution in [0.5, 0.6) is 0 Å². The Bertz CT molecular complexity index is 960. The summed E-state index contributed by atoms with van der Waals surface area (Å²) in [4.78, 5) is 26.4. The Labute approximate surface area is 166 Å². The number of ether oxygens (including phenoxy) is 1. The van der Waals surface area contributed by atoms with E-state index in [1.54, 1.807) is 6.08 Å². The first kappa shape index (κ1) is 21.2. The van der Waals surface area contributed by atoms with E-state index in [4.69, 9.17) is 11.2 Å². The lowest BCUT2D eigenvalue weighted by molar-refractivity contribution is -0.138. The minimum absolute atomic E-state index is 0.103. The van der Waals surface area contributed by atoms with Gasteiger partial charge in [-0.3, -0.25) is 4.79 Å². The highest BCUT2D eigenvalue weighted by Crippen LogP contribution is 2.26. The molecule has 2 aromatic rings. The largest absolute Gasteiger partial charge is 0.462 e. The Morgan fingerprint density at radius 1 is 1.29 bits per heavy atom. The molecule has 0 saturated carbocycles. The number of aromatic amines is 1. The maximum absolute atomic E-state index is 12.1. The molecule has 0 spiro atoms. The number of H-pyrrole nitrogens is 1. The van der Waals surface area contributed by atoms with Crippen LogP contribution in [0.15, 0.2) is 58.9 Å². The molecule has 1 N–H and O–H groups in total. The summed E-state index contributed by atoms with van der Waals surface area (Å²) in [6, 6.07) is 9.45. The van der Waals surface area contributed by atoms with Crippen molar-refractivity contribution in [3.8, 4) is 12.3 Å². The monoisotopic (exact) mass is 377 g/mol.